The molecule has 0 radical (unpaired) electrons. The molecule has 1 unspecified atom stereocenters. The van der Waals surface area contributed by atoms with Gasteiger partial charge in [0.05, 0.1) is 5.69 Å². The number of hydrogen-bond donors (Lipinski definition) is 1. The van der Waals surface area contributed by atoms with Crippen molar-refractivity contribution >= 4 is 0 Å². The minimum Gasteiger partial charge on any atom is -0.328 e. The van der Waals surface area contributed by atoms with E-state index in [1.54, 1.807) is 19.2 Å². The van der Waals surface area contributed by atoms with E-state index in [0.29, 0.717) is 12.0 Å². The predicted molar refractivity (Wildman–Crippen MR) is 74.9 cm³/mol. The van der Waals surface area contributed by atoms with E-state index in [1.807, 2.05) is 13.8 Å². The Kier molecular flexibility index (Phi) is 4.18. The Morgan fingerprint density at radius 3 is 2.25 bits per heavy atom. The predicted octanol–water partition coefficient (Wildman–Crippen LogP) is 3.16. The Bertz CT molecular complexity index is 580. The Balaban J connectivity index is 2.41. The summed E-state index contributed by atoms with van der Waals surface area (Å²) in [5, 5.41) is 4.20. The van der Waals surface area contributed by atoms with Gasteiger partial charge in [0.25, 0.3) is 0 Å². The van der Waals surface area contributed by atoms with E-state index in [0.717, 1.165) is 5.69 Å². The molecule has 0 fully saturated rings. The normalized spacial score (nSPS) is 12.9. The molecular weight excluding hydrogens is 260 g/mol. The zero-order valence-corrected chi connectivity index (χ0v) is 11.9. The first-order valence-electron chi connectivity index (χ1n) is 6.68. The molecule has 1 aromatic carbocycles. The summed E-state index contributed by atoms with van der Waals surface area (Å²) < 4.78 is 29.5. The maximum atomic E-state index is 14.1. The number of hydrogen-bond acceptors (Lipinski definition) is 2. The molecule has 1 heterocycles. The maximum Gasteiger partial charge on any atom is 0.152 e. The highest BCUT2D eigenvalue weighted by Gasteiger charge is 2.15. The molecule has 0 bridgehead atoms. The van der Waals surface area contributed by atoms with Crippen molar-refractivity contribution in [1.82, 2.24) is 9.78 Å². The van der Waals surface area contributed by atoms with Gasteiger partial charge in [-0.15, -0.1) is 0 Å². The molecule has 3 nitrogen and oxygen atoms in total. The third-order valence-corrected chi connectivity index (χ3v) is 3.06. The number of benzene rings is 1. The van der Waals surface area contributed by atoms with Gasteiger partial charge in [0.2, 0.25) is 0 Å². The minimum atomic E-state index is -0.626. The van der Waals surface area contributed by atoms with Gasteiger partial charge >= 0.3 is 0 Å². The molecule has 0 saturated carbocycles. The van der Waals surface area contributed by atoms with Gasteiger partial charge in [0, 0.05) is 12.2 Å². The fourth-order valence-corrected chi connectivity index (χ4v) is 2.10. The van der Waals surface area contributed by atoms with Crippen LogP contribution in [0.1, 0.15) is 37.9 Å². The first kappa shape index (κ1) is 14.7. The molecule has 0 aliphatic heterocycles. The number of nitrogens with two attached hydrogens (primary N) is 1. The first-order chi connectivity index (χ1) is 9.38. The molecule has 2 aromatic rings. The molecule has 5 heteroatoms. The van der Waals surface area contributed by atoms with Crippen molar-refractivity contribution in [3.63, 3.8) is 0 Å². The molecule has 0 spiro atoms. The van der Waals surface area contributed by atoms with Crippen molar-refractivity contribution < 1.29 is 8.78 Å². The van der Waals surface area contributed by atoms with Crippen LogP contribution in [0.2, 0.25) is 0 Å². The zero-order chi connectivity index (χ0) is 14.9. The van der Waals surface area contributed by atoms with Gasteiger partial charge < -0.3 is 5.73 Å². The lowest BCUT2D eigenvalue weighted by Gasteiger charge is -2.10. The van der Waals surface area contributed by atoms with Crippen LogP contribution >= 0.6 is 0 Å². The second-order valence-corrected chi connectivity index (χ2v) is 5.43. The fraction of sp³-hybridized carbons (Fsp3) is 0.400. The third-order valence-electron chi connectivity index (χ3n) is 3.06. The van der Waals surface area contributed by atoms with Crippen molar-refractivity contribution in [1.29, 1.82) is 0 Å². The fourth-order valence-electron chi connectivity index (χ4n) is 2.10. The van der Waals surface area contributed by atoms with Crippen molar-refractivity contribution in [3.8, 4) is 5.69 Å². The average molecular weight is 279 g/mol. The van der Waals surface area contributed by atoms with Crippen LogP contribution in [0.3, 0.4) is 0 Å². The summed E-state index contributed by atoms with van der Waals surface area (Å²) in [5.74, 6) is -1.04. The summed E-state index contributed by atoms with van der Waals surface area (Å²) in [6, 6.07) is 4.26. The van der Waals surface area contributed by atoms with Crippen LogP contribution in [0.4, 0.5) is 8.78 Å². The van der Waals surface area contributed by atoms with Crippen LogP contribution < -0.4 is 5.73 Å². The largest absolute Gasteiger partial charge is 0.328 e. The Morgan fingerprint density at radius 2 is 1.80 bits per heavy atom. The molecule has 0 amide bonds. The summed E-state index contributed by atoms with van der Waals surface area (Å²) in [6.45, 7) is 5.75. The van der Waals surface area contributed by atoms with E-state index < -0.39 is 11.6 Å². The lowest BCUT2D eigenvalue weighted by Crippen LogP contribution is -2.18. The summed E-state index contributed by atoms with van der Waals surface area (Å²) in [6.07, 6.45) is 2.01. The van der Waals surface area contributed by atoms with E-state index in [4.69, 9.17) is 5.73 Å². The van der Waals surface area contributed by atoms with Crippen molar-refractivity contribution in [2.24, 2.45) is 5.73 Å². The molecule has 1 aromatic heterocycles. The molecule has 2 N–H and O–H groups in total. The zero-order valence-electron chi connectivity index (χ0n) is 11.9. The van der Waals surface area contributed by atoms with Gasteiger partial charge in [-0.05, 0) is 43.0 Å². The number of rotatable bonds is 4. The third kappa shape index (κ3) is 3.04. The summed E-state index contributed by atoms with van der Waals surface area (Å²) in [4.78, 5) is 0. The van der Waals surface area contributed by atoms with Gasteiger partial charge in [-0.1, -0.05) is 13.8 Å². The number of nitrogens with zero attached hydrogens (tertiary/aromatic N) is 2. The topological polar surface area (TPSA) is 43.8 Å². The van der Waals surface area contributed by atoms with Crippen LogP contribution in [0.25, 0.3) is 5.69 Å². The van der Waals surface area contributed by atoms with Gasteiger partial charge in [-0.25, -0.2) is 13.5 Å². The molecule has 0 aliphatic carbocycles. The van der Waals surface area contributed by atoms with Crippen LogP contribution in [0, 0.1) is 11.6 Å². The van der Waals surface area contributed by atoms with E-state index in [-0.39, 0.29) is 17.6 Å². The highest BCUT2D eigenvalue weighted by atomic mass is 19.1. The highest BCUT2D eigenvalue weighted by molar-refractivity contribution is 5.38. The molecule has 108 valence electrons. The van der Waals surface area contributed by atoms with Gasteiger partial charge in [0.1, 0.15) is 5.69 Å². The molecular formula is C15H19F2N3. The minimum absolute atomic E-state index is 0.142. The van der Waals surface area contributed by atoms with E-state index in [2.05, 4.69) is 5.10 Å². The van der Waals surface area contributed by atoms with E-state index in [9.17, 15) is 8.78 Å². The lowest BCUT2D eigenvalue weighted by atomic mass is 10.1. The molecule has 1 atom stereocenters. The summed E-state index contributed by atoms with van der Waals surface area (Å²) >= 11 is 0. The van der Waals surface area contributed by atoms with Crippen molar-refractivity contribution in [2.75, 3.05) is 0 Å². The molecule has 20 heavy (non-hydrogen) atoms. The van der Waals surface area contributed by atoms with E-state index >= 15 is 0 Å². The van der Waals surface area contributed by atoms with E-state index in [1.165, 1.54) is 16.8 Å². The van der Waals surface area contributed by atoms with Crippen molar-refractivity contribution in [3.05, 3.63) is 47.3 Å². The quantitative estimate of drug-likeness (QED) is 0.934. The van der Waals surface area contributed by atoms with Gasteiger partial charge in [-0.3, -0.25) is 0 Å². The van der Waals surface area contributed by atoms with Crippen LogP contribution in [0.15, 0.2) is 24.4 Å². The second-order valence-electron chi connectivity index (χ2n) is 5.43. The number of aromatic nitrogens is 2. The smallest absolute Gasteiger partial charge is 0.152 e. The Hall–Kier alpha value is -1.75. The summed E-state index contributed by atoms with van der Waals surface area (Å²) in [7, 11) is 0. The Labute approximate surface area is 117 Å². The maximum absolute atomic E-state index is 14.1. The monoisotopic (exact) mass is 279 g/mol. The van der Waals surface area contributed by atoms with Crippen LogP contribution in [0.5, 0.6) is 0 Å². The summed E-state index contributed by atoms with van der Waals surface area (Å²) in [5.41, 5.74) is 6.85. The Morgan fingerprint density at radius 1 is 1.20 bits per heavy atom. The second kappa shape index (κ2) is 5.71. The van der Waals surface area contributed by atoms with Gasteiger partial charge in [-0.2, -0.15) is 5.10 Å². The van der Waals surface area contributed by atoms with Crippen LogP contribution in [-0.2, 0) is 6.42 Å². The molecule has 0 aliphatic rings. The number of halogens is 2. The lowest BCUT2D eigenvalue weighted by molar-refractivity contribution is 0.553. The molecule has 2 rings (SSSR count). The first-order valence-corrected chi connectivity index (χ1v) is 6.68. The highest BCUT2D eigenvalue weighted by Crippen LogP contribution is 2.21. The van der Waals surface area contributed by atoms with Crippen LogP contribution in [-0.4, -0.2) is 15.8 Å². The van der Waals surface area contributed by atoms with Crippen molar-refractivity contribution in [2.45, 2.75) is 39.2 Å². The average Bonchev–Trinajstić information content (AvgIpc) is 2.76. The van der Waals surface area contributed by atoms with Gasteiger partial charge in [0.15, 0.2) is 11.6 Å². The molecule has 0 saturated heterocycles. The SMILES string of the molecule is CC(N)Cc1cc(F)c(-n2ccc(C(C)C)n2)c(F)c1. The standard InChI is InChI=1S/C15H19F2N3/c1-9(2)14-4-5-20(19-14)15-12(16)7-11(6-10(3)18)8-13(15)17/h4-5,7-10H,6,18H2,1-3H3.